The molecule has 7 rings (SSSR count). The average molecular weight is 601 g/mol. The molecule has 226 valence electrons. The molecular formula is C37H33FN4O3. The molecule has 1 saturated carbocycles. The largest absolute Gasteiger partial charge is 0.478 e. The topological polar surface area (TPSA) is 110 Å². The second-order valence-electron chi connectivity index (χ2n) is 12.2. The number of rotatable bonds is 9. The summed E-state index contributed by atoms with van der Waals surface area (Å²) in [5.74, 6) is -1.72. The van der Waals surface area contributed by atoms with Crippen molar-refractivity contribution in [2.24, 2.45) is 5.73 Å². The summed E-state index contributed by atoms with van der Waals surface area (Å²) in [5, 5.41) is 13.4. The number of benzene rings is 3. The van der Waals surface area contributed by atoms with E-state index in [4.69, 9.17) is 5.73 Å². The molecule has 4 N–H and O–H groups in total. The van der Waals surface area contributed by atoms with Gasteiger partial charge in [0.15, 0.2) is 0 Å². The molecule has 0 unspecified atom stereocenters. The summed E-state index contributed by atoms with van der Waals surface area (Å²) in [4.78, 5) is 30.7. The Hall–Kier alpha value is -5.08. The van der Waals surface area contributed by atoms with E-state index < -0.39 is 11.5 Å². The summed E-state index contributed by atoms with van der Waals surface area (Å²) in [7, 11) is 0. The molecule has 0 saturated heterocycles. The van der Waals surface area contributed by atoms with Gasteiger partial charge in [0.25, 0.3) is 5.91 Å². The van der Waals surface area contributed by atoms with E-state index in [0.29, 0.717) is 48.4 Å². The number of fused-ring (bicyclic) bond motifs is 3. The first kappa shape index (κ1) is 28.7. The van der Waals surface area contributed by atoms with Crippen LogP contribution in [0.15, 0.2) is 91.1 Å². The molecular weight excluding hydrogens is 567 g/mol. The van der Waals surface area contributed by atoms with Crippen molar-refractivity contribution in [1.82, 2.24) is 14.9 Å². The van der Waals surface area contributed by atoms with Gasteiger partial charge in [0.1, 0.15) is 11.5 Å². The third kappa shape index (κ3) is 5.77. The van der Waals surface area contributed by atoms with Crippen LogP contribution in [0.5, 0.6) is 0 Å². The number of hydrogen-bond acceptors (Lipinski definition) is 4. The van der Waals surface area contributed by atoms with Gasteiger partial charge >= 0.3 is 5.97 Å². The highest BCUT2D eigenvalue weighted by molar-refractivity contribution is 5.97. The summed E-state index contributed by atoms with van der Waals surface area (Å²) in [5.41, 5.74) is 14.2. The predicted molar refractivity (Wildman–Crippen MR) is 170 cm³/mol. The minimum atomic E-state index is -1.02. The molecule has 2 aromatic heterocycles. The molecule has 0 bridgehead atoms. The van der Waals surface area contributed by atoms with Gasteiger partial charge in [-0.2, -0.15) is 0 Å². The van der Waals surface area contributed by atoms with E-state index in [2.05, 4.69) is 34.6 Å². The Labute approximate surface area is 260 Å². The van der Waals surface area contributed by atoms with Gasteiger partial charge < -0.3 is 20.7 Å². The molecule has 0 aliphatic heterocycles. The van der Waals surface area contributed by atoms with Crippen molar-refractivity contribution in [1.29, 1.82) is 0 Å². The number of aromatic nitrogens is 2. The van der Waals surface area contributed by atoms with Gasteiger partial charge in [-0.05, 0) is 90.3 Å². The molecule has 1 fully saturated rings. The number of nitrogens with two attached hydrogens (primary N) is 1. The summed E-state index contributed by atoms with van der Waals surface area (Å²) in [6.07, 6.45) is 5.62. The van der Waals surface area contributed by atoms with E-state index in [0.717, 1.165) is 41.5 Å². The van der Waals surface area contributed by atoms with Crippen LogP contribution >= 0.6 is 0 Å². The van der Waals surface area contributed by atoms with Crippen molar-refractivity contribution in [3.8, 4) is 16.9 Å². The van der Waals surface area contributed by atoms with Gasteiger partial charge in [-0.15, -0.1) is 0 Å². The lowest BCUT2D eigenvalue weighted by Crippen LogP contribution is -2.27. The number of halogens is 1. The van der Waals surface area contributed by atoms with Gasteiger partial charge in [-0.3, -0.25) is 9.78 Å². The molecule has 0 radical (unpaired) electrons. The number of carboxylic acid groups (broad SMARTS) is 1. The Balaban J connectivity index is 1.22. The minimum Gasteiger partial charge on any atom is -0.478 e. The molecule has 3 aromatic carbocycles. The first-order valence-corrected chi connectivity index (χ1v) is 15.2. The van der Waals surface area contributed by atoms with E-state index in [1.165, 1.54) is 17.7 Å². The van der Waals surface area contributed by atoms with Crippen LogP contribution in [0.2, 0.25) is 0 Å². The van der Waals surface area contributed by atoms with E-state index >= 15 is 0 Å². The second-order valence-corrected chi connectivity index (χ2v) is 12.2. The smallest absolute Gasteiger partial charge is 0.337 e. The standard InChI is InChI=1S/C37H33FN4O3/c38-27-10-12-28(13-11-27)42-32(20-37(39)15-16-37)33(36(44)45)29-14-9-26-22-40-31(19-30(26)34(29)42)35(43)41-21-25-8-4-7-24(18-25)17-23-5-2-1-3-6-23/h1-8,10-13,18-19,22H,9,14-17,20-21,39H2,(H,41,43)(H,44,45). The zero-order chi connectivity index (χ0) is 31.1. The minimum absolute atomic E-state index is 0.241. The monoisotopic (exact) mass is 600 g/mol. The number of aromatic carboxylic acids is 1. The van der Waals surface area contributed by atoms with Crippen LogP contribution in [-0.4, -0.2) is 32.1 Å². The molecule has 2 aliphatic carbocycles. The highest BCUT2D eigenvalue weighted by Crippen LogP contribution is 2.44. The number of aryl methyl sites for hydroxylation is 1. The number of carbonyl (C=O) groups is 2. The highest BCUT2D eigenvalue weighted by atomic mass is 19.1. The maximum Gasteiger partial charge on any atom is 0.337 e. The number of nitrogens with zero attached hydrogens (tertiary/aromatic N) is 2. The van der Waals surface area contributed by atoms with Crippen molar-refractivity contribution in [2.75, 3.05) is 0 Å². The van der Waals surface area contributed by atoms with Crippen LogP contribution in [0.1, 0.15) is 67.2 Å². The van der Waals surface area contributed by atoms with Crippen molar-refractivity contribution in [2.45, 2.75) is 50.6 Å². The first-order valence-electron chi connectivity index (χ1n) is 15.2. The van der Waals surface area contributed by atoms with Gasteiger partial charge in [0.2, 0.25) is 0 Å². The number of hydrogen-bond donors (Lipinski definition) is 3. The normalized spacial score (nSPS) is 14.4. The van der Waals surface area contributed by atoms with Crippen molar-refractivity contribution < 1.29 is 19.1 Å². The Morgan fingerprint density at radius 3 is 2.40 bits per heavy atom. The van der Waals surface area contributed by atoms with E-state index in [1.807, 2.05) is 34.9 Å². The Bertz CT molecular complexity index is 1930. The third-order valence-corrected chi connectivity index (χ3v) is 8.89. The fourth-order valence-corrected chi connectivity index (χ4v) is 6.41. The van der Waals surface area contributed by atoms with Crippen LogP contribution in [0.25, 0.3) is 16.9 Å². The molecule has 0 atom stereocenters. The van der Waals surface area contributed by atoms with E-state index in [1.54, 1.807) is 24.4 Å². The molecule has 2 heterocycles. The molecule has 7 nitrogen and oxygen atoms in total. The van der Waals surface area contributed by atoms with Crippen molar-refractivity contribution in [3.63, 3.8) is 0 Å². The number of carbonyl (C=O) groups excluding carboxylic acids is 1. The van der Waals surface area contributed by atoms with Gasteiger partial charge in [0.05, 0.1) is 11.3 Å². The second kappa shape index (κ2) is 11.4. The number of nitrogens with one attached hydrogen (secondary N) is 1. The van der Waals surface area contributed by atoms with E-state index in [-0.39, 0.29) is 23.0 Å². The summed E-state index contributed by atoms with van der Waals surface area (Å²) >= 11 is 0. The molecule has 8 heteroatoms. The maximum atomic E-state index is 14.0. The number of amides is 1. The van der Waals surface area contributed by atoms with Crippen LogP contribution in [-0.2, 0) is 32.2 Å². The Morgan fingerprint density at radius 2 is 1.67 bits per heavy atom. The third-order valence-electron chi connectivity index (χ3n) is 8.89. The van der Waals surface area contributed by atoms with Crippen molar-refractivity contribution in [3.05, 3.63) is 142 Å². The summed E-state index contributed by atoms with van der Waals surface area (Å²) in [6, 6.07) is 26.2. The van der Waals surface area contributed by atoms with Crippen LogP contribution in [0.4, 0.5) is 4.39 Å². The lowest BCUT2D eigenvalue weighted by molar-refractivity contribution is 0.0694. The molecule has 5 aromatic rings. The van der Waals surface area contributed by atoms with Crippen molar-refractivity contribution >= 4 is 11.9 Å². The molecule has 1 amide bonds. The van der Waals surface area contributed by atoms with Crippen LogP contribution < -0.4 is 11.1 Å². The van der Waals surface area contributed by atoms with Crippen LogP contribution in [0, 0.1) is 5.82 Å². The predicted octanol–water partition coefficient (Wildman–Crippen LogP) is 6.03. The summed E-state index contributed by atoms with van der Waals surface area (Å²) in [6.45, 7) is 0.337. The zero-order valence-corrected chi connectivity index (χ0v) is 24.7. The fourth-order valence-electron chi connectivity index (χ4n) is 6.41. The molecule has 0 spiro atoms. The average Bonchev–Trinajstić information content (AvgIpc) is 3.68. The molecule has 45 heavy (non-hydrogen) atoms. The Kier molecular flexibility index (Phi) is 7.30. The summed E-state index contributed by atoms with van der Waals surface area (Å²) < 4.78 is 15.9. The maximum absolute atomic E-state index is 14.0. The lowest BCUT2D eigenvalue weighted by atomic mass is 9.88. The van der Waals surface area contributed by atoms with E-state index in [9.17, 15) is 19.1 Å². The quantitative estimate of drug-likeness (QED) is 0.191. The Morgan fingerprint density at radius 1 is 0.933 bits per heavy atom. The lowest BCUT2D eigenvalue weighted by Gasteiger charge is -2.21. The number of carboxylic acids is 1. The number of pyridine rings is 1. The van der Waals surface area contributed by atoms with Gasteiger partial charge in [-0.1, -0.05) is 54.6 Å². The molecule has 2 aliphatic rings. The van der Waals surface area contributed by atoms with Crippen LogP contribution in [0.3, 0.4) is 0 Å². The first-order chi connectivity index (χ1) is 21.8. The fraction of sp³-hybridized carbons (Fsp3) is 0.216. The SMILES string of the molecule is NC1(Cc2c(C(=O)O)c3c(n2-c2ccc(F)cc2)-c2cc(C(=O)NCc4cccc(Cc5ccccc5)c4)ncc2CC3)CC1. The zero-order valence-electron chi connectivity index (χ0n) is 24.7. The van der Waals surface area contributed by atoms with Gasteiger partial charge in [0, 0.05) is 41.6 Å². The highest BCUT2D eigenvalue weighted by Gasteiger charge is 2.42. The van der Waals surface area contributed by atoms with Gasteiger partial charge in [-0.25, -0.2) is 9.18 Å².